The Morgan fingerprint density at radius 3 is 2.52 bits per heavy atom. The maximum absolute atomic E-state index is 14.9. The van der Waals surface area contributed by atoms with E-state index in [1.54, 1.807) is 36.4 Å². The fourth-order valence-corrected chi connectivity index (χ4v) is 3.89. The average molecular weight is 381 g/mol. The van der Waals surface area contributed by atoms with Gasteiger partial charge in [-0.25, -0.2) is 4.39 Å². The van der Waals surface area contributed by atoms with E-state index in [1.807, 2.05) is 13.0 Å². The van der Waals surface area contributed by atoms with E-state index in [0.717, 1.165) is 23.4 Å². The molecule has 3 rings (SSSR count). The third-order valence-electron chi connectivity index (χ3n) is 4.99. The van der Waals surface area contributed by atoms with E-state index in [-0.39, 0.29) is 11.4 Å². The zero-order valence-electron chi connectivity index (χ0n) is 16.0. The zero-order valence-corrected chi connectivity index (χ0v) is 16.7. The van der Waals surface area contributed by atoms with Gasteiger partial charge >= 0.3 is 0 Å². The molecule has 0 amide bonds. The van der Waals surface area contributed by atoms with Crippen molar-refractivity contribution in [3.8, 4) is 6.07 Å². The molecule has 0 radical (unpaired) electrons. The lowest BCUT2D eigenvalue weighted by Crippen LogP contribution is -2.45. The number of hydrogen-bond donors (Lipinski definition) is 0. The monoisotopic (exact) mass is 380 g/mol. The predicted octanol–water partition coefficient (Wildman–Crippen LogP) is 6.57. The molecule has 1 aliphatic heterocycles. The van der Waals surface area contributed by atoms with Gasteiger partial charge in [0, 0.05) is 28.4 Å². The molecular weight excluding hydrogens is 359 g/mol. The smallest absolute Gasteiger partial charge is 0.132 e. The van der Waals surface area contributed by atoms with Crippen molar-refractivity contribution in [1.29, 1.82) is 5.26 Å². The number of hydrogen-bond acceptors (Lipinski definition) is 2. The summed E-state index contributed by atoms with van der Waals surface area (Å²) in [6, 6.07) is 12.6. The molecule has 0 N–H and O–H groups in total. The third-order valence-corrected chi connectivity index (χ3v) is 5.24. The van der Waals surface area contributed by atoms with Gasteiger partial charge in [-0.15, -0.1) is 0 Å². The first-order chi connectivity index (χ1) is 12.8. The summed E-state index contributed by atoms with van der Waals surface area (Å²) in [5, 5.41) is 10.1. The molecule has 0 aliphatic carbocycles. The van der Waals surface area contributed by atoms with Crippen molar-refractivity contribution >= 4 is 34.5 Å². The van der Waals surface area contributed by atoms with Gasteiger partial charge in [-0.05, 0) is 69.2 Å². The number of rotatable bonds is 3. The zero-order chi connectivity index (χ0) is 19.8. The lowest BCUT2D eigenvalue weighted by Gasteiger charge is -2.42. The summed E-state index contributed by atoms with van der Waals surface area (Å²) < 4.78 is 14.9. The molecule has 0 unspecified atom stereocenters. The molecule has 0 fully saturated rings. The Morgan fingerprint density at radius 1 is 1.26 bits per heavy atom. The van der Waals surface area contributed by atoms with E-state index < -0.39 is 0 Å². The van der Waals surface area contributed by atoms with Crippen molar-refractivity contribution in [2.24, 2.45) is 0 Å². The summed E-state index contributed by atoms with van der Waals surface area (Å²) in [5.41, 5.74) is 4.34. The van der Waals surface area contributed by atoms with E-state index in [0.29, 0.717) is 21.7 Å². The lowest BCUT2D eigenvalue weighted by atomic mass is 9.87. The van der Waals surface area contributed by atoms with Crippen molar-refractivity contribution in [3.63, 3.8) is 0 Å². The van der Waals surface area contributed by atoms with Crippen molar-refractivity contribution in [2.45, 2.75) is 33.2 Å². The molecule has 0 saturated carbocycles. The molecule has 138 valence electrons. The summed E-state index contributed by atoms with van der Waals surface area (Å²) in [6.07, 6.45) is 3.80. The number of halogens is 2. The number of nitriles is 1. The van der Waals surface area contributed by atoms with Crippen LogP contribution in [-0.4, -0.2) is 12.1 Å². The fraction of sp³-hybridized carbons (Fsp3) is 0.261. The highest BCUT2D eigenvalue weighted by Crippen LogP contribution is 2.40. The molecule has 0 spiro atoms. The minimum atomic E-state index is -0.334. The summed E-state index contributed by atoms with van der Waals surface area (Å²) in [7, 11) is 0. The normalized spacial score (nSPS) is 15.8. The van der Waals surface area contributed by atoms with Gasteiger partial charge in [-0.1, -0.05) is 29.8 Å². The van der Waals surface area contributed by atoms with Crippen molar-refractivity contribution < 1.29 is 4.39 Å². The summed E-state index contributed by atoms with van der Waals surface area (Å²) in [4.78, 5) is 2.19. The van der Waals surface area contributed by atoms with Crippen LogP contribution in [0.1, 0.15) is 44.4 Å². The Morgan fingerprint density at radius 2 is 1.93 bits per heavy atom. The predicted molar refractivity (Wildman–Crippen MR) is 112 cm³/mol. The summed E-state index contributed by atoms with van der Waals surface area (Å²) in [5.74, 6) is -0.334. The Kier molecular flexibility index (Phi) is 5.13. The number of fused-ring (bicyclic) bond motifs is 1. The second kappa shape index (κ2) is 7.21. The number of likely N-dealkylation sites (N-methyl/N-ethyl adjacent to an activating group) is 1. The number of nitrogens with zero attached hydrogens (tertiary/aromatic N) is 2. The van der Waals surface area contributed by atoms with Crippen molar-refractivity contribution in [2.75, 3.05) is 11.4 Å². The van der Waals surface area contributed by atoms with Crippen LogP contribution in [0.15, 0.2) is 42.5 Å². The Bertz CT molecular complexity index is 979. The standard InChI is InChI=1S/C23H22ClFN2/c1-5-27-22-12-21(25)17(11-20(22)15(2)13-23(27,3)4)10-18(14-26)16-6-8-19(24)9-7-16/h6-13H,5H2,1-4H3/b18-10+. The number of benzene rings is 2. The molecule has 0 bridgehead atoms. The maximum atomic E-state index is 14.9. The minimum Gasteiger partial charge on any atom is -0.363 e. The van der Waals surface area contributed by atoms with Gasteiger partial charge < -0.3 is 4.90 Å². The van der Waals surface area contributed by atoms with Crippen LogP contribution in [0.5, 0.6) is 0 Å². The third kappa shape index (κ3) is 3.63. The van der Waals surface area contributed by atoms with Gasteiger partial charge in [-0.2, -0.15) is 5.26 Å². The van der Waals surface area contributed by atoms with E-state index in [4.69, 9.17) is 11.6 Å². The first kappa shape index (κ1) is 19.2. The molecule has 1 heterocycles. The van der Waals surface area contributed by atoms with E-state index in [2.05, 4.69) is 37.8 Å². The SMILES string of the molecule is CCN1c2cc(F)c(/C=C(\C#N)c3ccc(Cl)cc3)cc2C(C)=CC1(C)C. The molecule has 0 atom stereocenters. The molecule has 2 aromatic carbocycles. The van der Waals surface area contributed by atoms with Gasteiger partial charge in [0.1, 0.15) is 5.82 Å². The van der Waals surface area contributed by atoms with E-state index in [1.165, 1.54) is 0 Å². The molecule has 0 saturated heterocycles. The van der Waals surface area contributed by atoms with E-state index in [9.17, 15) is 9.65 Å². The van der Waals surface area contributed by atoms with Crippen LogP contribution in [0.4, 0.5) is 10.1 Å². The van der Waals surface area contributed by atoms with Crippen molar-refractivity contribution in [1.82, 2.24) is 0 Å². The fourth-order valence-electron chi connectivity index (χ4n) is 3.77. The topological polar surface area (TPSA) is 27.0 Å². The molecule has 27 heavy (non-hydrogen) atoms. The van der Waals surface area contributed by atoms with Gasteiger partial charge in [-0.3, -0.25) is 0 Å². The van der Waals surface area contributed by atoms with Crippen molar-refractivity contribution in [3.05, 3.63) is 70.0 Å². The minimum absolute atomic E-state index is 0.170. The molecule has 0 aromatic heterocycles. The highest BCUT2D eigenvalue weighted by atomic mass is 35.5. The van der Waals surface area contributed by atoms with Gasteiger partial charge in [0.2, 0.25) is 0 Å². The van der Waals surface area contributed by atoms with Gasteiger partial charge in [0.25, 0.3) is 0 Å². The van der Waals surface area contributed by atoms with Gasteiger partial charge in [0.15, 0.2) is 0 Å². The molecule has 4 heteroatoms. The van der Waals surface area contributed by atoms with Gasteiger partial charge in [0.05, 0.1) is 17.2 Å². The first-order valence-corrected chi connectivity index (χ1v) is 9.33. The van der Waals surface area contributed by atoms with Crippen LogP contribution in [0, 0.1) is 17.1 Å². The summed E-state index contributed by atoms with van der Waals surface area (Å²) >= 11 is 5.92. The Hall–Kier alpha value is -2.57. The Balaban J connectivity index is 2.13. The second-order valence-corrected chi connectivity index (χ2v) is 7.73. The Labute approximate surface area is 165 Å². The average Bonchev–Trinajstić information content (AvgIpc) is 2.61. The lowest BCUT2D eigenvalue weighted by molar-refractivity contribution is 0.561. The second-order valence-electron chi connectivity index (χ2n) is 7.29. The molecule has 2 nitrogen and oxygen atoms in total. The van der Waals surface area contributed by atoms with Crippen LogP contribution in [-0.2, 0) is 0 Å². The molecular formula is C23H22ClFN2. The number of allylic oxidation sites excluding steroid dienone is 2. The van der Waals surface area contributed by atoms with Crippen LogP contribution in [0.2, 0.25) is 5.02 Å². The van der Waals surface area contributed by atoms with E-state index >= 15 is 0 Å². The van der Waals surface area contributed by atoms with Crippen LogP contribution >= 0.6 is 11.6 Å². The quantitative estimate of drug-likeness (QED) is 0.445. The largest absolute Gasteiger partial charge is 0.363 e. The molecule has 2 aromatic rings. The summed E-state index contributed by atoms with van der Waals surface area (Å²) in [6.45, 7) is 9.15. The molecule has 1 aliphatic rings. The highest BCUT2D eigenvalue weighted by molar-refractivity contribution is 6.30. The van der Waals surface area contributed by atoms with Crippen LogP contribution in [0.3, 0.4) is 0 Å². The number of anilines is 1. The van der Waals surface area contributed by atoms with Crippen LogP contribution < -0.4 is 4.90 Å². The first-order valence-electron chi connectivity index (χ1n) is 8.95. The van der Waals surface area contributed by atoms with Crippen LogP contribution in [0.25, 0.3) is 17.2 Å². The maximum Gasteiger partial charge on any atom is 0.132 e. The highest BCUT2D eigenvalue weighted by Gasteiger charge is 2.30.